The minimum atomic E-state index is -0.782. The van der Waals surface area contributed by atoms with Gasteiger partial charge < -0.3 is 15.3 Å². The van der Waals surface area contributed by atoms with Gasteiger partial charge in [-0.15, -0.1) is 15.3 Å². The van der Waals surface area contributed by atoms with Crippen LogP contribution in [-0.4, -0.2) is 94.9 Å². The third-order valence-electron chi connectivity index (χ3n) is 4.91. The average Bonchev–Trinajstić information content (AvgIpc) is 3.39. The molecular formula is C15H24N10O3. The molecule has 0 saturated carbocycles. The monoisotopic (exact) mass is 392 g/mol. The Morgan fingerprint density at radius 3 is 1.11 bits per heavy atom. The van der Waals surface area contributed by atoms with E-state index in [2.05, 4.69) is 46.3 Å². The van der Waals surface area contributed by atoms with E-state index in [1.54, 1.807) is 18.6 Å². The molecule has 3 rings (SSSR count). The molecule has 13 heteroatoms. The van der Waals surface area contributed by atoms with Crippen molar-refractivity contribution in [1.82, 2.24) is 4.90 Å². The van der Waals surface area contributed by atoms with Crippen LogP contribution >= 0.6 is 0 Å². The van der Waals surface area contributed by atoms with Crippen LogP contribution in [0.5, 0.6) is 0 Å². The van der Waals surface area contributed by atoms with Gasteiger partial charge in [-0.3, -0.25) is 4.90 Å². The first-order valence-electron chi connectivity index (χ1n) is 9.03. The molecule has 0 fully saturated rings. The molecule has 0 aromatic rings. The van der Waals surface area contributed by atoms with Crippen molar-refractivity contribution in [1.29, 1.82) is 0 Å². The molecule has 0 saturated heterocycles. The second-order valence-electron chi connectivity index (χ2n) is 7.18. The molecule has 3 N–H and O–H groups in total. The maximum Gasteiger partial charge on any atom is 0.135 e. The predicted octanol–water partition coefficient (Wildman–Crippen LogP) is 0.00680. The summed E-state index contributed by atoms with van der Waals surface area (Å²) >= 11 is 0. The first kappa shape index (κ1) is 20.4. The lowest BCUT2D eigenvalue weighted by atomic mass is 9.91. The quantitative estimate of drug-likeness (QED) is 0.424. The van der Waals surface area contributed by atoms with Gasteiger partial charge in [-0.2, -0.15) is 15.3 Å². The topological polar surface area (TPSA) is 175 Å². The molecule has 0 bridgehead atoms. The van der Waals surface area contributed by atoms with Gasteiger partial charge in [0.25, 0.3) is 0 Å². The van der Waals surface area contributed by atoms with Gasteiger partial charge in [0.15, 0.2) is 0 Å². The van der Waals surface area contributed by atoms with Crippen molar-refractivity contribution in [3.05, 3.63) is 0 Å². The summed E-state index contributed by atoms with van der Waals surface area (Å²) in [6, 6.07) is 0. The zero-order valence-corrected chi connectivity index (χ0v) is 15.4. The van der Waals surface area contributed by atoms with E-state index in [0.717, 1.165) is 0 Å². The normalized spacial score (nSPS) is 32.6. The first-order chi connectivity index (χ1) is 13.6. The van der Waals surface area contributed by atoms with Crippen LogP contribution in [0.4, 0.5) is 0 Å². The smallest absolute Gasteiger partial charge is 0.135 e. The standard InChI is InChI=1S/C15H24N10O3/c26-4-1-13(7-16-22-19-13)10-25(11-14(2-5-27)8-17-23-20-14)12-15(3-6-28)9-18-24-21-15/h7-9,26-28H,1-6,10-12H2. The van der Waals surface area contributed by atoms with Gasteiger partial charge in [0.2, 0.25) is 0 Å². The fourth-order valence-electron chi connectivity index (χ4n) is 3.53. The summed E-state index contributed by atoms with van der Waals surface area (Å²) in [7, 11) is 0. The summed E-state index contributed by atoms with van der Waals surface area (Å²) in [6.07, 6.45) is 5.89. The summed E-state index contributed by atoms with van der Waals surface area (Å²) in [4.78, 5) is 2.02. The lowest BCUT2D eigenvalue weighted by Crippen LogP contribution is -2.54. The van der Waals surface area contributed by atoms with E-state index < -0.39 is 16.6 Å². The Morgan fingerprint density at radius 2 is 0.893 bits per heavy atom. The van der Waals surface area contributed by atoms with Crippen LogP contribution in [0.1, 0.15) is 19.3 Å². The highest BCUT2D eigenvalue weighted by Gasteiger charge is 2.42. The van der Waals surface area contributed by atoms with Crippen molar-refractivity contribution in [2.45, 2.75) is 35.9 Å². The number of nitrogens with zero attached hydrogens (tertiary/aromatic N) is 10. The number of hydrogen-bond acceptors (Lipinski definition) is 13. The van der Waals surface area contributed by atoms with Crippen molar-refractivity contribution in [2.24, 2.45) is 46.3 Å². The van der Waals surface area contributed by atoms with E-state index in [1.165, 1.54) is 0 Å². The van der Waals surface area contributed by atoms with Gasteiger partial charge in [0.05, 0.1) is 18.6 Å². The molecule has 3 unspecified atom stereocenters. The largest absolute Gasteiger partial charge is 0.396 e. The molecule has 3 aliphatic rings. The molecule has 0 aromatic heterocycles. The summed E-state index contributed by atoms with van der Waals surface area (Å²) in [5, 5.41) is 63.8. The number of aliphatic hydroxyl groups excluding tert-OH is 3. The van der Waals surface area contributed by atoms with Gasteiger partial charge in [0.1, 0.15) is 16.6 Å². The van der Waals surface area contributed by atoms with Crippen molar-refractivity contribution < 1.29 is 15.3 Å². The maximum absolute atomic E-state index is 9.49. The molecule has 0 aromatic carbocycles. The number of aliphatic hydroxyl groups is 3. The van der Waals surface area contributed by atoms with E-state index in [-0.39, 0.29) is 19.8 Å². The highest BCUT2D eigenvalue weighted by molar-refractivity contribution is 5.74. The molecule has 0 spiro atoms. The molecule has 0 amide bonds. The molecular weight excluding hydrogens is 368 g/mol. The van der Waals surface area contributed by atoms with Gasteiger partial charge in [-0.25, -0.2) is 0 Å². The van der Waals surface area contributed by atoms with Crippen molar-refractivity contribution >= 4 is 18.6 Å². The molecule has 0 radical (unpaired) electrons. The predicted molar refractivity (Wildman–Crippen MR) is 99.8 cm³/mol. The Balaban J connectivity index is 1.85. The minimum Gasteiger partial charge on any atom is -0.396 e. The van der Waals surface area contributed by atoms with Crippen molar-refractivity contribution in [3.8, 4) is 0 Å². The van der Waals surface area contributed by atoms with Crippen molar-refractivity contribution in [2.75, 3.05) is 39.5 Å². The van der Waals surface area contributed by atoms with Gasteiger partial charge >= 0.3 is 0 Å². The fraction of sp³-hybridized carbons (Fsp3) is 0.800. The second kappa shape index (κ2) is 8.77. The van der Waals surface area contributed by atoms with E-state index in [1.807, 2.05) is 4.90 Å². The Bertz CT molecular complexity index is 586. The number of rotatable bonds is 12. The Kier molecular flexibility index (Phi) is 6.39. The minimum absolute atomic E-state index is 0.0786. The zero-order chi connectivity index (χ0) is 19.9. The van der Waals surface area contributed by atoms with Crippen LogP contribution in [0.15, 0.2) is 46.3 Å². The number of hydrogen-bond donors (Lipinski definition) is 3. The Hall–Kier alpha value is -2.35. The van der Waals surface area contributed by atoms with E-state index >= 15 is 0 Å². The zero-order valence-electron chi connectivity index (χ0n) is 15.4. The summed E-state index contributed by atoms with van der Waals surface area (Å²) < 4.78 is 0. The van der Waals surface area contributed by atoms with Crippen LogP contribution in [0.3, 0.4) is 0 Å². The fourth-order valence-corrected chi connectivity index (χ4v) is 3.53. The third kappa shape index (κ3) is 4.55. The van der Waals surface area contributed by atoms with Gasteiger partial charge in [0, 0.05) is 58.7 Å². The van der Waals surface area contributed by atoms with E-state index in [0.29, 0.717) is 38.9 Å². The molecule has 0 aliphatic carbocycles. The highest BCUT2D eigenvalue weighted by atomic mass is 16.3. The molecule has 3 atom stereocenters. The van der Waals surface area contributed by atoms with E-state index in [9.17, 15) is 15.3 Å². The van der Waals surface area contributed by atoms with Gasteiger partial charge in [-0.05, 0) is 15.7 Å². The lowest BCUT2D eigenvalue weighted by Gasteiger charge is -2.37. The molecule has 152 valence electrons. The summed E-state index contributed by atoms with van der Waals surface area (Å²) in [5.74, 6) is 0. The van der Waals surface area contributed by atoms with Crippen LogP contribution in [-0.2, 0) is 0 Å². The van der Waals surface area contributed by atoms with Crippen LogP contribution in [0, 0.1) is 0 Å². The second-order valence-corrected chi connectivity index (χ2v) is 7.18. The average molecular weight is 392 g/mol. The van der Waals surface area contributed by atoms with Gasteiger partial charge in [-0.1, -0.05) is 0 Å². The van der Waals surface area contributed by atoms with Crippen LogP contribution in [0.2, 0.25) is 0 Å². The molecule has 13 nitrogen and oxygen atoms in total. The Labute approximate surface area is 161 Å². The van der Waals surface area contributed by atoms with Crippen LogP contribution < -0.4 is 0 Å². The van der Waals surface area contributed by atoms with E-state index in [4.69, 9.17) is 0 Å². The summed E-state index contributed by atoms with van der Waals surface area (Å²) in [6.45, 7) is 0.870. The highest BCUT2D eigenvalue weighted by Crippen LogP contribution is 2.28. The van der Waals surface area contributed by atoms with Crippen LogP contribution in [0.25, 0.3) is 0 Å². The first-order valence-corrected chi connectivity index (χ1v) is 9.03. The summed E-state index contributed by atoms with van der Waals surface area (Å²) in [5.41, 5.74) is -2.35. The maximum atomic E-state index is 9.49. The van der Waals surface area contributed by atoms with Crippen molar-refractivity contribution in [3.63, 3.8) is 0 Å². The molecule has 3 aliphatic heterocycles. The third-order valence-corrected chi connectivity index (χ3v) is 4.91. The lowest BCUT2D eigenvalue weighted by molar-refractivity contribution is 0.151. The molecule has 3 heterocycles. The Morgan fingerprint density at radius 1 is 0.571 bits per heavy atom. The SMILES string of the molecule is OCCC1(CN(CC2(CCO)C=NN=N2)CC2(CCO)C=NN=N2)C=NN=N1. The molecule has 28 heavy (non-hydrogen) atoms.